The number of carbonyl (C=O) groups excluding carboxylic acids is 2. The van der Waals surface area contributed by atoms with Crippen LogP contribution in [-0.4, -0.2) is 28.1 Å². The first-order valence-corrected chi connectivity index (χ1v) is 10.8. The van der Waals surface area contributed by atoms with Crippen molar-refractivity contribution in [1.29, 1.82) is 0 Å². The molecule has 1 aromatic heterocycles. The summed E-state index contributed by atoms with van der Waals surface area (Å²) in [6.07, 6.45) is 1.69. The van der Waals surface area contributed by atoms with E-state index in [-0.39, 0.29) is 37.4 Å². The highest BCUT2D eigenvalue weighted by molar-refractivity contribution is 6.03. The first-order chi connectivity index (χ1) is 17.0. The molecule has 2 N–H and O–H groups in total. The van der Waals surface area contributed by atoms with Gasteiger partial charge >= 0.3 is 0 Å². The van der Waals surface area contributed by atoms with Gasteiger partial charge in [0.25, 0.3) is 11.6 Å². The standard InChI is InChI=1S/C25H20N4O6/c30-24(14-28-10-9-17-12-18(29(32)33)6-7-21(17)28)27-20-4-2-1-3-19(20)25(31)26-13-16-5-8-22-23(11-16)35-15-34-22/h1-12H,13-15H2,(H,26,31)(H,27,30). The van der Waals surface area contributed by atoms with Gasteiger partial charge in [-0.2, -0.15) is 0 Å². The second-order valence-corrected chi connectivity index (χ2v) is 7.91. The predicted octanol–water partition coefficient (Wildman–Crippen LogP) is 3.85. The second kappa shape index (κ2) is 9.18. The number of non-ortho nitro benzene ring substituents is 1. The van der Waals surface area contributed by atoms with Crippen LogP contribution >= 0.6 is 0 Å². The SMILES string of the molecule is O=C(Cn1ccc2cc([N+](=O)[O-])ccc21)Nc1ccccc1C(=O)NCc1ccc2c(c1)OCO2. The van der Waals surface area contributed by atoms with E-state index in [1.165, 1.54) is 12.1 Å². The first-order valence-electron chi connectivity index (χ1n) is 10.8. The van der Waals surface area contributed by atoms with Gasteiger partial charge in [-0.05, 0) is 42.0 Å². The summed E-state index contributed by atoms with van der Waals surface area (Å²) in [5, 5.41) is 17.3. The van der Waals surface area contributed by atoms with E-state index in [0.717, 1.165) is 5.56 Å². The van der Waals surface area contributed by atoms with Gasteiger partial charge in [-0.15, -0.1) is 0 Å². The average molecular weight is 472 g/mol. The van der Waals surface area contributed by atoms with Gasteiger partial charge in [0.2, 0.25) is 12.7 Å². The minimum atomic E-state index is -0.460. The van der Waals surface area contributed by atoms with Crippen molar-refractivity contribution in [3.63, 3.8) is 0 Å². The van der Waals surface area contributed by atoms with Crippen LogP contribution in [0.5, 0.6) is 11.5 Å². The molecule has 0 aliphatic carbocycles. The highest BCUT2D eigenvalue weighted by atomic mass is 16.7. The highest BCUT2D eigenvalue weighted by Gasteiger charge is 2.16. The van der Waals surface area contributed by atoms with Crippen molar-refractivity contribution in [1.82, 2.24) is 9.88 Å². The molecule has 0 unspecified atom stereocenters. The monoisotopic (exact) mass is 472 g/mol. The number of carbonyl (C=O) groups is 2. The van der Waals surface area contributed by atoms with Gasteiger partial charge in [0.1, 0.15) is 6.54 Å². The zero-order valence-corrected chi connectivity index (χ0v) is 18.4. The number of aromatic nitrogens is 1. The van der Waals surface area contributed by atoms with Crippen LogP contribution in [-0.2, 0) is 17.9 Å². The van der Waals surface area contributed by atoms with Crippen molar-refractivity contribution < 1.29 is 24.0 Å². The topological polar surface area (TPSA) is 125 Å². The van der Waals surface area contributed by atoms with Gasteiger partial charge in [0, 0.05) is 35.8 Å². The number of para-hydroxylation sites is 1. The predicted molar refractivity (Wildman–Crippen MR) is 127 cm³/mol. The fraction of sp³-hybridized carbons (Fsp3) is 0.120. The molecule has 10 heteroatoms. The third-order valence-corrected chi connectivity index (χ3v) is 5.62. The summed E-state index contributed by atoms with van der Waals surface area (Å²) in [5.74, 6) is 0.632. The number of rotatable bonds is 7. The molecule has 10 nitrogen and oxygen atoms in total. The molecule has 0 saturated heterocycles. The van der Waals surface area contributed by atoms with Gasteiger partial charge in [-0.1, -0.05) is 18.2 Å². The maximum Gasteiger partial charge on any atom is 0.270 e. The van der Waals surface area contributed by atoms with Crippen LogP contribution in [0.4, 0.5) is 11.4 Å². The third kappa shape index (κ3) is 4.62. The number of nitro benzene ring substituents is 1. The summed E-state index contributed by atoms with van der Waals surface area (Å²) in [6.45, 7) is 0.435. The molecular weight excluding hydrogens is 452 g/mol. The first kappa shape index (κ1) is 22.0. The van der Waals surface area contributed by atoms with Gasteiger partial charge in [-0.25, -0.2) is 0 Å². The van der Waals surface area contributed by atoms with Gasteiger partial charge in [-0.3, -0.25) is 19.7 Å². The van der Waals surface area contributed by atoms with Crippen molar-refractivity contribution >= 4 is 34.1 Å². The molecule has 0 bridgehead atoms. The Morgan fingerprint density at radius 3 is 2.69 bits per heavy atom. The van der Waals surface area contributed by atoms with E-state index < -0.39 is 4.92 Å². The molecule has 1 aliphatic heterocycles. The number of ether oxygens (including phenoxy) is 2. The fourth-order valence-corrected chi connectivity index (χ4v) is 3.90. The number of hydrogen-bond acceptors (Lipinski definition) is 6. The van der Waals surface area contributed by atoms with E-state index >= 15 is 0 Å². The lowest BCUT2D eigenvalue weighted by Gasteiger charge is -2.12. The summed E-state index contributed by atoms with van der Waals surface area (Å²) in [7, 11) is 0. The number of nitro groups is 1. The van der Waals surface area contributed by atoms with Crippen LogP contribution < -0.4 is 20.1 Å². The fourth-order valence-electron chi connectivity index (χ4n) is 3.90. The zero-order valence-electron chi connectivity index (χ0n) is 18.4. The van der Waals surface area contributed by atoms with Gasteiger partial charge in [0.05, 0.1) is 16.2 Å². The van der Waals surface area contributed by atoms with Crippen molar-refractivity contribution in [2.75, 3.05) is 12.1 Å². The quantitative estimate of drug-likeness (QED) is 0.311. The van der Waals surface area contributed by atoms with E-state index in [1.54, 1.807) is 53.2 Å². The number of hydrogen-bond donors (Lipinski definition) is 2. The van der Waals surface area contributed by atoms with Crippen LogP contribution in [0.15, 0.2) is 72.9 Å². The summed E-state index contributed by atoms with van der Waals surface area (Å²) >= 11 is 0. The Bertz CT molecular complexity index is 1460. The highest BCUT2D eigenvalue weighted by Crippen LogP contribution is 2.32. The maximum atomic E-state index is 12.9. The van der Waals surface area contributed by atoms with Crippen LogP contribution in [0.1, 0.15) is 15.9 Å². The molecule has 0 atom stereocenters. The van der Waals surface area contributed by atoms with Crippen LogP contribution in [0.2, 0.25) is 0 Å². The molecule has 0 saturated carbocycles. The summed E-state index contributed by atoms with van der Waals surface area (Å²) in [6, 6.07) is 18.4. The van der Waals surface area contributed by atoms with Crippen molar-refractivity contribution in [2.24, 2.45) is 0 Å². The van der Waals surface area contributed by atoms with Gasteiger partial charge < -0.3 is 24.7 Å². The van der Waals surface area contributed by atoms with E-state index in [0.29, 0.717) is 33.7 Å². The second-order valence-electron chi connectivity index (χ2n) is 7.91. The Hall–Kier alpha value is -4.86. The smallest absolute Gasteiger partial charge is 0.270 e. The van der Waals surface area contributed by atoms with Crippen molar-refractivity contribution in [3.8, 4) is 11.5 Å². The molecule has 1 aliphatic rings. The third-order valence-electron chi connectivity index (χ3n) is 5.62. The molecular formula is C25H20N4O6. The largest absolute Gasteiger partial charge is 0.454 e. The molecule has 2 amide bonds. The summed E-state index contributed by atoms with van der Waals surface area (Å²) in [5.41, 5.74) is 2.24. The van der Waals surface area contributed by atoms with Crippen molar-refractivity contribution in [3.05, 3.63) is 94.2 Å². The number of benzene rings is 3. The molecule has 3 aromatic carbocycles. The number of fused-ring (bicyclic) bond motifs is 2. The lowest BCUT2D eigenvalue weighted by Crippen LogP contribution is -2.25. The van der Waals surface area contributed by atoms with Crippen LogP contribution in [0, 0.1) is 10.1 Å². The molecule has 35 heavy (non-hydrogen) atoms. The molecule has 2 heterocycles. The Morgan fingerprint density at radius 2 is 1.83 bits per heavy atom. The minimum absolute atomic E-state index is 0.0135. The van der Waals surface area contributed by atoms with Crippen molar-refractivity contribution in [2.45, 2.75) is 13.1 Å². The van der Waals surface area contributed by atoms with E-state index in [9.17, 15) is 19.7 Å². The zero-order chi connectivity index (χ0) is 24.4. The maximum absolute atomic E-state index is 12.9. The Labute approximate surface area is 199 Å². The van der Waals surface area contributed by atoms with E-state index in [4.69, 9.17) is 9.47 Å². The summed E-state index contributed by atoms with van der Waals surface area (Å²) < 4.78 is 12.4. The molecule has 0 spiro atoms. The minimum Gasteiger partial charge on any atom is -0.454 e. The Kier molecular flexibility index (Phi) is 5.76. The molecule has 0 fully saturated rings. The van der Waals surface area contributed by atoms with Crippen LogP contribution in [0.25, 0.3) is 10.9 Å². The molecule has 4 aromatic rings. The molecule has 176 valence electrons. The van der Waals surface area contributed by atoms with Crippen LogP contribution in [0.3, 0.4) is 0 Å². The number of nitrogens with one attached hydrogen (secondary N) is 2. The Balaban J connectivity index is 1.25. The molecule has 5 rings (SSSR count). The lowest BCUT2D eigenvalue weighted by atomic mass is 10.1. The average Bonchev–Trinajstić information content (AvgIpc) is 3.49. The van der Waals surface area contributed by atoms with E-state index in [1.807, 2.05) is 12.1 Å². The van der Waals surface area contributed by atoms with E-state index in [2.05, 4.69) is 10.6 Å². The summed E-state index contributed by atoms with van der Waals surface area (Å²) in [4.78, 5) is 36.1. The van der Waals surface area contributed by atoms with Gasteiger partial charge in [0.15, 0.2) is 11.5 Å². The lowest BCUT2D eigenvalue weighted by molar-refractivity contribution is -0.384. The number of nitrogens with zero attached hydrogens (tertiary/aromatic N) is 2. The Morgan fingerprint density at radius 1 is 1.00 bits per heavy atom. The number of amides is 2. The normalized spacial score (nSPS) is 11.9. The number of anilines is 1. The molecule has 0 radical (unpaired) electrons.